The highest BCUT2D eigenvalue weighted by Gasteiger charge is 2.15. The lowest BCUT2D eigenvalue weighted by Gasteiger charge is -2.28. The fraction of sp³-hybridized carbons (Fsp3) is 0.250. The summed E-state index contributed by atoms with van der Waals surface area (Å²) >= 11 is 0. The maximum Gasteiger partial charge on any atom is 0.258 e. The van der Waals surface area contributed by atoms with E-state index in [9.17, 15) is 0 Å². The number of piperazine rings is 1. The Bertz CT molecular complexity index is 782. The Morgan fingerprint density at radius 2 is 1.96 bits per heavy atom. The predicted octanol–water partition coefficient (Wildman–Crippen LogP) is 1.60. The highest BCUT2D eigenvalue weighted by molar-refractivity contribution is 5.61. The van der Waals surface area contributed by atoms with Crippen LogP contribution in [-0.2, 0) is 0 Å². The monoisotopic (exact) mass is 308 g/mol. The van der Waals surface area contributed by atoms with Crippen LogP contribution in [0.4, 0.5) is 5.82 Å². The van der Waals surface area contributed by atoms with Crippen LogP contribution in [0.5, 0.6) is 0 Å². The third-order valence-corrected chi connectivity index (χ3v) is 3.75. The van der Waals surface area contributed by atoms with Gasteiger partial charge in [-0.3, -0.25) is 4.98 Å². The quantitative estimate of drug-likeness (QED) is 0.787. The van der Waals surface area contributed by atoms with Crippen molar-refractivity contribution in [3.63, 3.8) is 0 Å². The highest BCUT2D eigenvalue weighted by Crippen LogP contribution is 2.23. The third-order valence-electron chi connectivity index (χ3n) is 3.75. The van der Waals surface area contributed by atoms with Gasteiger partial charge >= 0.3 is 0 Å². The number of hydrogen-bond donors (Lipinski definition) is 1. The van der Waals surface area contributed by atoms with Gasteiger partial charge in [0.25, 0.3) is 5.89 Å². The zero-order valence-electron chi connectivity index (χ0n) is 12.5. The average molecular weight is 308 g/mol. The van der Waals surface area contributed by atoms with Gasteiger partial charge in [0.05, 0.1) is 0 Å². The van der Waals surface area contributed by atoms with Crippen LogP contribution in [-0.4, -0.2) is 46.3 Å². The summed E-state index contributed by atoms with van der Waals surface area (Å²) in [6.45, 7) is 3.82. The summed E-state index contributed by atoms with van der Waals surface area (Å²) in [5.74, 6) is 1.90. The Labute approximate surface area is 133 Å². The van der Waals surface area contributed by atoms with Gasteiger partial charge in [-0.15, -0.1) is 0 Å². The van der Waals surface area contributed by atoms with E-state index in [1.54, 1.807) is 12.4 Å². The molecule has 0 atom stereocenters. The van der Waals surface area contributed by atoms with Crippen molar-refractivity contribution in [2.45, 2.75) is 0 Å². The SMILES string of the molecule is c1ccc(-c2noc(-c3ccnc(N4CCNCC4)c3)n2)nc1. The molecule has 1 N–H and O–H groups in total. The second-order valence-electron chi connectivity index (χ2n) is 5.28. The Hall–Kier alpha value is -2.80. The summed E-state index contributed by atoms with van der Waals surface area (Å²) in [4.78, 5) is 15.4. The Morgan fingerprint density at radius 3 is 2.78 bits per heavy atom. The van der Waals surface area contributed by atoms with E-state index in [1.807, 2.05) is 30.3 Å². The van der Waals surface area contributed by atoms with E-state index < -0.39 is 0 Å². The molecule has 0 amide bonds. The molecule has 23 heavy (non-hydrogen) atoms. The molecule has 1 aliphatic heterocycles. The lowest BCUT2D eigenvalue weighted by atomic mass is 10.2. The molecular weight excluding hydrogens is 292 g/mol. The largest absolute Gasteiger partial charge is 0.354 e. The number of pyridine rings is 2. The molecule has 7 nitrogen and oxygen atoms in total. The van der Waals surface area contributed by atoms with Crippen LogP contribution >= 0.6 is 0 Å². The molecule has 0 unspecified atom stereocenters. The van der Waals surface area contributed by atoms with Gasteiger partial charge in [-0.2, -0.15) is 4.98 Å². The van der Waals surface area contributed by atoms with Crippen LogP contribution in [0.25, 0.3) is 23.0 Å². The van der Waals surface area contributed by atoms with Gasteiger partial charge < -0.3 is 14.7 Å². The van der Waals surface area contributed by atoms with Gasteiger partial charge in [-0.05, 0) is 24.3 Å². The second-order valence-corrected chi connectivity index (χ2v) is 5.28. The third kappa shape index (κ3) is 2.91. The standard InChI is InChI=1S/C16H16N6O/c1-2-5-18-13(3-1)15-20-16(23-21-15)12-4-6-19-14(11-12)22-9-7-17-8-10-22/h1-6,11,17H,7-10H2. The van der Waals surface area contributed by atoms with Crippen molar-refractivity contribution in [3.8, 4) is 23.0 Å². The predicted molar refractivity (Wildman–Crippen MR) is 85.8 cm³/mol. The van der Waals surface area contributed by atoms with Crippen molar-refractivity contribution < 1.29 is 4.52 Å². The van der Waals surface area contributed by atoms with E-state index in [2.05, 4.69) is 30.3 Å². The van der Waals surface area contributed by atoms with Crippen LogP contribution in [0, 0.1) is 0 Å². The molecule has 0 bridgehead atoms. The van der Waals surface area contributed by atoms with Gasteiger partial charge in [0.2, 0.25) is 5.82 Å². The lowest BCUT2D eigenvalue weighted by molar-refractivity contribution is 0.432. The van der Waals surface area contributed by atoms with Crippen molar-refractivity contribution in [2.75, 3.05) is 31.1 Å². The zero-order chi connectivity index (χ0) is 15.5. The first kappa shape index (κ1) is 13.8. The van der Waals surface area contributed by atoms with E-state index >= 15 is 0 Å². The first-order chi connectivity index (χ1) is 11.4. The Kier molecular flexibility index (Phi) is 3.69. The van der Waals surface area contributed by atoms with Crippen molar-refractivity contribution in [2.24, 2.45) is 0 Å². The minimum absolute atomic E-state index is 0.476. The van der Waals surface area contributed by atoms with E-state index in [0.29, 0.717) is 17.4 Å². The van der Waals surface area contributed by atoms with Crippen LogP contribution in [0.2, 0.25) is 0 Å². The summed E-state index contributed by atoms with van der Waals surface area (Å²) in [6, 6.07) is 9.47. The minimum atomic E-state index is 0.476. The van der Waals surface area contributed by atoms with E-state index in [-0.39, 0.29) is 0 Å². The van der Waals surface area contributed by atoms with Crippen LogP contribution in [0.1, 0.15) is 0 Å². The normalized spacial score (nSPS) is 14.9. The molecule has 116 valence electrons. The molecule has 3 aromatic heterocycles. The topological polar surface area (TPSA) is 80.0 Å². The van der Waals surface area contributed by atoms with Gasteiger partial charge in [0, 0.05) is 44.1 Å². The van der Waals surface area contributed by atoms with Crippen LogP contribution in [0.15, 0.2) is 47.2 Å². The molecule has 1 aliphatic rings. The van der Waals surface area contributed by atoms with Crippen LogP contribution < -0.4 is 10.2 Å². The van der Waals surface area contributed by atoms with Gasteiger partial charge in [-0.25, -0.2) is 4.98 Å². The molecule has 1 saturated heterocycles. The second kappa shape index (κ2) is 6.13. The summed E-state index contributed by atoms with van der Waals surface area (Å²) in [5.41, 5.74) is 1.56. The number of hydrogen-bond acceptors (Lipinski definition) is 7. The first-order valence-electron chi connectivity index (χ1n) is 7.57. The van der Waals surface area contributed by atoms with Crippen LogP contribution in [0.3, 0.4) is 0 Å². The number of anilines is 1. The number of nitrogens with one attached hydrogen (secondary N) is 1. The summed E-state index contributed by atoms with van der Waals surface area (Å²) in [5, 5.41) is 7.35. The molecule has 4 rings (SSSR count). The van der Waals surface area contributed by atoms with Gasteiger partial charge in [0.15, 0.2) is 0 Å². The van der Waals surface area contributed by atoms with E-state index in [4.69, 9.17) is 4.52 Å². The Balaban J connectivity index is 1.62. The zero-order valence-corrected chi connectivity index (χ0v) is 12.5. The van der Waals surface area contributed by atoms with Gasteiger partial charge in [0.1, 0.15) is 11.5 Å². The molecular formula is C16H16N6O. The maximum absolute atomic E-state index is 5.39. The van der Waals surface area contributed by atoms with E-state index in [1.165, 1.54) is 0 Å². The fourth-order valence-corrected chi connectivity index (χ4v) is 2.56. The summed E-state index contributed by atoms with van der Waals surface area (Å²) < 4.78 is 5.39. The highest BCUT2D eigenvalue weighted by atomic mass is 16.5. The number of aromatic nitrogens is 4. The molecule has 0 spiro atoms. The first-order valence-corrected chi connectivity index (χ1v) is 7.57. The molecule has 0 saturated carbocycles. The molecule has 4 heterocycles. The van der Waals surface area contributed by atoms with E-state index in [0.717, 1.165) is 37.6 Å². The Morgan fingerprint density at radius 1 is 1.04 bits per heavy atom. The van der Waals surface area contributed by atoms with Crippen molar-refractivity contribution in [1.29, 1.82) is 0 Å². The average Bonchev–Trinajstić information content (AvgIpc) is 3.14. The molecule has 0 aromatic carbocycles. The maximum atomic E-state index is 5.39. The lowest BCUT2D eigenvalue weighted by Crippen LogP contribution is -2.43. The number of nitrogens with zero attached hydrogens (tertiary/aromatic N) is 5. The summed E-state index contributed by atoms with van der Waals surface area (Å²) in [6.07, 6.45) is 3.48. The van der Waals surface area contributed by atoms with Crippen molar-refractivity contribution >= 4 is 5.82 Å². The van der Waals surface area contributed by atoms with Gasteiger partial charge in [-0.1, -0.05) is 11.2 Å². The minimum Gasteiger partial charge on any atom is -0.354 e. The molecule has 0 aliphatic carbocycles. The van der Waals surface area contributed by atoms with Crippen molar-refractivity contribution in [3.05, 3.63) is 42.7 Å². The smallest absolute Gasteiger partial charge is 0.258 e. The van der Waals surface area contributed by atoms with Crippen molar-refractivity contribution in [1.82, 2.24) is 25.4 Å². The molecule has 1 fully saturated rings. The molecule has 7 heteroatoms. The summed E-state index contributed by atoms with van der Waals surface area (Å²) in [7, 11) is 0. The molecule has 0 radical (unpaired) electrons. The fourth-order valence-electron chi connectivity index (χ4n) is 2.56. The molecule has 3 aromatic rings. The number of rotatable bonds is 3.